The normalized spacial score (nSPS) is 16.4. The van der Waals surface area contributed by atoms with Gasteiger partial charge in [0.05, 0.1) is 42.6 Å². The first kappa shape index (κ1) is 23.4. The molecular formula is C63H42N4SSi. The summed E-state index contributed by atoms with van der Waals surface area (Å²) in [5.41, 5.74) is -3.92. The van der Waals surface area contributed by atoms with Crippen LogP contribution >= 0.6 is 11.3 Å². The minimum Gasteiger partial charge on any atom is -0.309 e. The second-order valence-electron chi connectivity index (χ2n) is 15.8. The third kappa shape index (κ3) is 7.00. The Balaban J connectivity index is 1.15. The molecule has 13 rings (SSSR count). The van der Waals surface area contributed by atoms with Crippen LogP contribution in [0.4, 0.5) is 0 Å². The fraction of sp³-hybridized carbons (Fsp3) is 0. The first-order chi connectivity index (χ1) is 43.8. The summed E-state index contributed by atoms with van der Waals surface area (Å²) in [6.45, 7) is 0. The summed E-state index contributed by atoms with van der Waals surface area (Å²) >= 11 is 0.733. The number of nitrogens with zero attached hydrogens (tertiary/aromatic N) is 4. The summed E-state index contributed by atoms with van der Waals surface area (Å²) in [5.74, 6) is -1.54. The highest BCUT2D eigenvalue weighted by atomic mass is 32.1. The molecule has 13 aromatic rings. The summed E-state index contributed by atoms with van der Waals surface area (Å²) in [6.07, 6.45) is 0. The zero-order valence-corrected chi connectivity index (χ0v) is 37.5. The number of hydrogen-bond donors (Lipinski definition) is 0. The topological polar surface area (TPSA) is 43.6 Å². The van der Waals surface area contributed by atoms with Crippen LogP contribution in [-0.2, 0) is 0 Å². The average Bonchev–Trinajstić information content (AvgIpc) is 1.58. The highest BCUT2D eigenvalue weighted by Crippen LogP contribution is 2.38. The van der Waals surface area contributed by atoms with Gasteiger partial charge >= 0.3 is 0 Å². The van der Waals surface area contributed by atoms with Crippen molar-refractivity contribution in [1.82, 2.24) is 19.5 Å². The number of hydrogen-bond acceptors (Lipinski definition) is 4. The van der Waals surface area contributed by atoms with Crippen molar-refractivity contribution in [1.29, 1.82) is 0 Å². The molecular weight excluding hydrogens is 873 g/mol. The van der Waals surface area contributed by atoms with Gasteiger partial charge in [-0.15, -0.1) is 11.3 Å². The molecule has 10 aromatic carbocycles. The minimum atomic E-state index is -3.38. The lowest BCUT2D eigenvalue weighted by molar-refractivity contribution is 1.07. The van der Waals surface area contributed by atoms with Crippen LogP contribution in [0.5, 0.6) is 0 Å². The molecule has 0 unspecified atom stereocenters. The number of aromatic nitrogens is 4. The maximum absolute atomic E-state index is 10.1. The van der Waals surface area contributed by atoms with E-state index >= 15 is 0 Å². The van der Waals surface area contributed by atoms with Crippen molar-refractivity contribution in [2.75, 3.05) is 0 Å². The lowest BCUT2D eigenvalue weighted by Gasteiger charge is -2.34. The monoisotopic (exact) mass is 937 g/mol. The van der Waals surface area contributed by atoms with Crippen LogP contribution in [0, 0.1) is 0 Å². The Hall–Kier alpha value is -8.55. The fourth-order valence-corrected chi connectivity index (χ4v) is 14.7. The van der Waals surface area contributed by atoms with Crippen LogP contribution in [0.1, 0.15) is 31.5 Å². The van der Waals surface area contributed by atoms with E-state index < -0.39 is 208 Å². The summed E-state index contributed by atoms with van der Waals surface area (Å²) in [6, 6.07) is 19.5. The first-order valence-corrected chi connectivity index (χ1v) is 24.3. The van der Waals surface area contributed by atoms with E-state index in [0.29, 0.717) is 0 Å². The molecule has 6 heteroatoms. The fourth-order valence-electron chi connectivity index (χ4n) is 8.89. The van der Waals surface area contributed by atoms with Gasteiger partial charge in [-0.25, -0.2) is 15.0 Å². The maximum Gasteiger partial charge on any atom is 0.179 e. The molecule has 0 aliphatic carbocycles. The molecule has 3 heterocycles. The number of fused-ring (bicyclic) bond motifs is 6. The molecule has 0 amide bonds. The van der Waals surface area contributed by atoms with Crippen LogP contribution in [0.25, 0.3) is 93.0 Å². The van der Waals surface area contributed by atoms with E-state index in [1.54, 1.807) is 12.1 Å². The van der Waals surface area contributed by atoms with Crippen molar-refractivity contribution < 1.29 is 31.5 Å². The highest BCUT2D eigenvalue weighted by molar-refractivity contribution is 7.25. The Morgan fingerprint density at radius 2 is 0.855 bits per heavy atom. The van der Waals surface area contributed by atoms with Crippen LogP contribution in [0.3, 0.4) is 0 Å². The molecule has 4 nitrogen and oxygen atoms in total. The molecule has 0 fully saturated rings. The van der Waals surface area contributed by atoms with Gasteiger partial charge in [-0.2, -0.15) is 0 Å². The highest BCUT2D eigenvalue weighted by Gasteiger charge is 2.41. The minimum absolute atomic E-state index is 0.0254. The summed E-state index contributed by atoms with van der Waals surface area (Å²) < 4.78 is 211. The summed E-state index contributed by atoms with van der Waals surface area (Å²) in [4.78, 5) is 14.5. The molecule has 0 aliphatic rings. The van der Waals surface area contributed by atoms with E-state index in [1.807, 2.05) is 103 Å². The third-order valence-corrected chi connectivity index (χ3v) is 17.7. The molecule has 0 bridgehead atoms. The van der Waals surface area contributed by atoms with Gasteiger partial charge in [-0.05, 0) is 74.2 Å². The van der Waals surface area contributed by atoms with Crippen molar-refractivity contribution >= 4 is 82.1 Å². The van der Waals surface area contributed by atoms with E-state index in [0.717, 1.165) is 36.7 Å². The maximum atomic E-state index is 10.1. The molecule has 0 aliphatic heterocycles. The molecule has 0 radical (unpaired) electrons. The van der Waals surface area contributed by atoms with Crippen molar-refractivity contribution in [3.05, 3.63) is 254 Å². The van der Waals surface area contributed by atoms with Crippen LogP contribution < -0.4 is 20.7 Å². The summed E-state index contributed by atoms with van der Waals surface area (Å²) in [7, 11) is -3.38. The van der Waals surface area contributed by atoms with Gasteiger partial charge in [0.15, 0.2) is 25.5 Å². The van der Waals surface area contributed by atoms with Crippen molar-refractivity contribution in [2.24, 2.45) is 0 Å². The predicted molar refractivity (Wildman–Crippen MR) is 292 cm³/mol. The van der Waals surface area contributed by atoms with E-state index in [1.165, 1.54) is 0 Å². The molecule has 0 saturated carbocycles. The molecule has 0 N–H and O–H groups in total. The zero-order chi connectivity index (χ0) is 65.7. The Morgan fingerprint density at radius 1 is 0.362 bits per heavy atom. The molecule has 3 aromatic heterocycles. The molecule has 69 heavy (non-hydrogen) atoms. The molecule has 0 saturated heterocycles. The first-order valence-electron chi connectivity index (χ1n) is 33.0. The largest absolute Gasteiger partial charge is 0.309 e. The van der Waals surface area contributed by atoms with Gasteiger partial charge < -0.3 is 4.57 Å². The van der Waals surface area contributed by atoms with Gasteiger partial charge in [0, 0.05) is 53.3 Å². The molecule has 324 valence electrons. The van der Waals surface area contributed by atoms with Crippen LogP contribution in [-0.4, -0.2) is 27.6 Å². The third-order valence-electron chi connectivity index (χ3n) is 11.9. The quantitative estimate of drug-likeness (QED) is 0.107. The standard InChI is InChI=1S/C63H42N4SSi/c1-4-24-49(25-5-1)69(50-26-6-2-7-27-50,51-28-8-3-9-29-51)52-30-18-22-47(41-52)63-65-61(45-20-16-19-43(39-45)44-37-38-56-55-33-12-15-36-59(55)68-60(56)42-44)64-62(66-63)46-21-17-23-48(40-46)67-57-34-13-10-31-53(57)54-32-11-14-35-58(54)67/h1-42H/i10D,11D,12D,13D,14D,15D,16D,17D,19D,20D,21D,23D,31D,32D,33D,34D,35D,36D,37D,38D,39D,40D,42D. The number of benzene rings is 10. The SMILES string of the molecule is [2H]c1c([2H])c(-c2nc(-c3cccc([Si](c4ccccc4)(c4ccccc4)c4ccccc4)c3)nc(-c3c([2H])c([2H])c([2H])c(-n4c5c([2H])c([2H])c([2H])c([2H])c5c5c([2H])c([2H])c([2H])c([2H])c54)c3[2H])n2)c([2H])c(-c2c([2H])c([2H])c3c(sc4c([2H])c([2H])c([2H])c([2H])c43)c2[2H])c1[2H]. The van der Waals surface area contributed by atoms with Gasteiger partial charge in [0.1, 0.15) is 0 Å². The van der Waals surface area contributed by atoms with Crippen LogP contribution in [0.15, 0.2) is 254 Å². The second-order valence-corrected chi connectivity index (χ2v) is 20.6. The number of rotatable bonds is 9. The second kappa shape index (κ2) is 17.0. The smallest absolute Gasteiger partial charge is 0.179 e. The Labute approximate surface area is 437 Å². The van der Waals surface area contributed by atoms with E-state index in [9.17, 15) is 17.8 Å². The van der Waals surface area contributed by atoms with Crippen molar-refractivity contribution in [3.8, 4) is 51.0 Å². The number of para-hydroxylation sites is 2. The lowest BCUT2D eigenvalue weighted by Crippen LogP contribution is -2.74. The van der Waals surface area contributed by atoms with Gasteiger partial charge in [0.25, 0.3) is 0 Å². The van der Waals surface area contributed by atoms with Gasteiger partial charge in [0.2, 0.25) is 0 Å². The Morgan fingerprint density at radius 3 is 1.49 bits per heavy atom. The number of thiophene rings is 1. The van der Waals surface area contributed by atoms with E-state index in [2.05, 4.69) is 0 Å². The van der Waals surface area contributed by atoms with Gasteiger partial charge in [-0.1, -0.05) is 212 Å². The van der Waals surface area contributed by atoms with Crippen molar-refractivity contribution in [2.45, 2.75) is 0 Å². The van der Waals surface area contributed by atoms with E-state index in [-0.39, 0.29) is 31.6 Å². The van der Waals surface area contributed by atoms with Crippen LogP contribution in [0.2, 0.25) is 0 Å². The summed E-state index contributed by atoms with van der Waals surface area (Å²) in [5, 5.41) is 2.59. The molecule has 0 spiro atoms. The van der Waals surface area contributed by atoms with Crippen molar-refractivity contribution in [3.63, 3.8) is 0 Å². The van der Waals surface area contributed by atoms with Gasteiger partial charge in [-0.3, -0.25) is 0 Å². The Bertz CT molecular complexity index is 5230. The zero-order valence-electron chi connectivity index (χ0n) is 58.7. The lowest BCUT2D eigenvalue weighted by atomic mass is 10.0. The molecule has 0 atom stereocenters. The predicted octanol–water partition coefficient (Wildman–Crippen LogP) is 13.4. The average molecular weight is 938 g/mol. The van der Waals surface area contributed by atoms with E-state index in [4.69, 9.17) is 28.7 Å². The Kier molecular flexibility index (Phi) is 5.76.